The van der Waals surface area contributed by atoms with E-state index in [0.29, 0.717) is 17.8 Å². The van der Waals surface area contributed by atoms with Crippen LogP contribution in [-0.2, 0) is 11.2 Å². The molecule has 0 aromatic heterocycles. The average molecular weight is 511 g/mol. The highest BCUT2D eigenvalue weighted by Gasteiger charge is 2.30. The summed E-state index contributed by atoms with van der Waals surface area (Å²) < 4.78 is 5.26. The molecule has 2 heterocycles. The molecule has 0 spiro atoms. The zero-order valence-corrected chi connectivity index (χ0v) is 21.2. The number of carboxylic acid groups (broad SMARTS) is 1. The third kappa shape index (κ3) is 8.05. The molecule has 0 unspecified atom stereocenters. The first-order valence-corrected chi connectivity index (χ1v) is 11.9. The van der Waals surface area contributed by atoms with E-state index in [1.807, 2.05) is 24.3 Å². The fourth-order valence-electron chi connectivity index (χ4n) is 5.06. The number of benzene rings is 2. The van der Waals surface area contributed by atoms with E-state index >= 15 is 0 Å². The van der Waals surface area contributed by atoms with Crippen LogP contribution < -0.4 is 15.0 Å². The number of anilines is 1. The number of nitrogens with one attached hydrogen (secondary N) is 1. The molecule has 2 aliphatic rings. The van der Waals surface area contributed by atoms with Crippen molar-refractivity contribution in [1.82, 2.24) is 10.2 Å². The summed E-state index contributed by atoms with van der Waals surface area (Å²) in [7, 11) is 0. The summed E-state index contributed by atoms with van der Waals surface area (Å²) in [5.41, 5.74) is 2.61. The topological polar surface area (TPSA) is 65.0 Å². The van der Waals surface area contributed by atoms with Crippen LogP contribution in [0.4, 0.5) is 5.69 Å². The van der Waals surface area contributed by atoms with E-state index in [1.54, 1.807) is 0 Å². The number of aliphatic carboxylic acids is 1. The molecule has 4 rings (SSSR count). The lowest BCUT2D eigenvalue weighted by Crippen LogP contribution is -2.52. The third-order valence-electron chi connectivity index (χ3n) is 6.78. The summed E-state index contributed by atoms with van der Waals surface area (Å²) in [6.07, 6.45) is 5.95. The van der Waals surface area contributed by atoms with E-state index < -0.39 is 5.97 Å². The Balaban J connectivity index is 0.00000204. The minimum absolute atomic E-state index is 0. The Bertz CT molecular complexity index is 840. The van der Waals surface area contributed by atoms with Crippen molar-refractivity contribution in [2.75, 3.05) is 44.2 Å². The third-order valence-corrected chi connectivity index (χ3v) is 6.78. The monoisotopic (exact) mass is 509 g/mol. The van der Waals surface area contributed by atoms with Crippen LogP contribution >= 0.6 is 24.8 Å². The first-order valence-electron chi connectivity index (χ1n) is 11.9. The SMILES string of the molecule is Cl.Cl.O=C(O)COc1ccc(N2CCC(N(CCc3ccccc3)C3CCNCC3)CC2)cc1. The lowest BCUT2D eigenvalue weighted by Gasteiger charge is -2.44. The second-order valence-electron chi connectivity index (χ2n) is 8.85. The Morgan fingerprint density at radius 1 is 0.941 bits per heavy atom. The molecule has 2 aromatic rings. The van der Waals surface area contributed by atoms with E-state index in [4.69, 9.17) is 9.84 Å². The minimum atomic E-state index is -0.957. The van der Waals surface area contributed by atoms with Crippen molar-refractivity contribution in [2.24, 2.45) is 0 Å². The number of ether oxygens (including phenoxy) is 1. The van der Waals surface area contributed by atoms with Crippen LogP contribution in [0.5, 0.6) is 5.75 Å². The van der Waals surface area contributed by atoms with E-state index in [0.717, 1.165) is 39.1 Å². The van der Waals surface area contributed by atoms with E-state index in [-0.39, 0.29) is 31.4 Å². The Labute approximate surface area is 215 Å². The van der Waals surface area contributed by atoms with Crippen molar-refractivity contribution >= 4 is 36.5 Å². The second-order valence-corrected chi connectivity index (χ2v) is 8.85. The van der Waals surface area contributed by atoms with Gasteiger partial charge >= 0.3 is 5.97 Å². The molecular weight excluding hydrogens is 473 g/mol. The lowest BCUT2D eigenvalue weighted by atomic mass is 9.96. The molecule has 2 saturated heterocycles. The molecular formula is C26H37Cl2N3O3. The van der Waals surface area contributed by atoms with Crippen molar-refractivity contribution in [3.05, 3.63) is 60.2 Å². The Morgan fingerprint density at radius 2 is 1.56 bits per heavy atom. The number of nitrogens with zero attached hydrogens (tertiary/aromatic N) is 2. The summed E-state index contributed by atoms with van der Waals surface area (Å²) in [5.74, 6) is -0.356. The molecule has 0 bridgehead atoms. The maximum atomic E-state index is 10.7. The summed E-state index contributed by atoms with van der Waals surface area (Å²) in [6, 6.07) is 20.0. The van der Waals surface area contributed by atoms with Gasteiger partial charge in [0.05, 0.1) is 0 Å². The summed E-state index contributed by atoms with van der Waals surface area (Å²) in [5, 5.41) is 12.3. The number of halogens is 2. The molecule has 188 valence electrons. The highest BCUT2D eigenvalue weighted by atomic mass is 35.5. The van der Waals surface area contributed by atoms with Gasteiger partial charge in [-0.1, -0.05) is 30.3 Å². The summed E-state index contributed by atoms with van der Waals surface area (Å²) in [6.45, 7) is 5.18. The van der Waals surface area contributed by atoms with Crippen molar-refractivity contribution in [2.45, 2.75) is 44.2 Å². The highest BCUT2D eigenvalue weighted by molar-refractivity contribution is 5.85. The zero-order valence-electron chi connectivity index (χ0n) is 19.6. The number of carboxylic acids is 1. The van der Waals surface area contributed by atoms with Gasteiger partial charge in [-0.25, -0.2) is 4.79 Å². The van der Waals surface area contributed by atoms with E-state index in [2.05, 4.69) is 45.4 Å². The maximum Gasteiger partial charge on any atom is 0.341 e. The molecule has 34 heavy (non-hydrogen) atoms. The van der Waals surface area contributed by atoms with Crippen LogP contribution in [0, 0.1) is 0 Å². The largest absolute Gasteiger partial charge is 0.482 e. The number of hydrogen-bond donors (Lipinski definition) is 2. The lowest BCUT2D eigenvalue weighted by molar-refractivity contribution is -0.139. The van der Waals surface area contributed by atoms with Crippen LogP contribution in [0.25, 0.3) is 0 Å². The predicted octanol–water partition coefficient (Wildman–Crippen LogP) is 4.26. The molecule has 2 aliphatic heterocycles. The standard InChI is InChI=1S/C26H35N3O3.2ClH/c30-26(31)20-32-25-8-6-22(7-9-25)28-17-13-24(14-18-28)29(23-10-15-27-16-11-23)19-12-21-4-2-1-3-5-21;;/h1-9,23-24,27H,10-20H2,(H,30,31);2*1H. The molecule has 8 heteroatoms. The Morgan fingerprint density at radius 3 is 2.18 bits per heavy atom. The van der Waals surface area contributed by atoms with E-state index in [1.165, 1.54) is 36.9 Å². The van der Waals surface area contributed by atoms with Gasteiger partial charge in [-0.2, -0.15) is 0 Å². The quantitative estimate of drug-likeness (QED) is 0.526. The van der Waals surface area contributed by atoms with E-state index in [9.17, 15) is 4.79 Å². The summed E-state index contributed by atoms with van der Waals surface area (Å²) in [4.78, 5) is 15.9. The van der Waals surface area contributed by atoms with Gasteiger partial charge in [-0.05, 0) is 75.0 Å². The van der Waals surface area contributed by atoms with Gasteiger partial charge in [0, 0.05) is 37.4 Å². The van der Waals surface area contributed by atoms with Crippen LogP contribution in [-0.4, -0.2) is 67.4 Å². The van der Waals surface area contributed by atoms with Crippen molar-refractivity contribution in [1.29, 1.82) is 0 Å². The normalized spacial score (nSPS) is 17.0. The van der Waals surface area contributed by atoms with Gasteiger partial charge in [-0.3, -0.25) is 4.90 Å². The molecule has 2 fully saturated rings. The molecule has 0 atom stereocenters. The van der Waals surface area contributed by atoms with Gasteiger partial charge in [0.15, 0.2) is 6.61 Å². The smallest absolute Gasteiger partial charge is 0.341 e. The molecule has 2 N–H and O–H groups in total. The van der Waals surface area contributed by atoms with Crippen LogP contribution in [0.2, 0.25) is 0 Å². The molecule has 0 amide bonds. The molecule has 2 aromatic carbocycles. The molecule has 6 nitrogen and oxygen atoms in total. The van der Waals surface area contributed by atoms with Gasteiger partial charge in [0.1, 0.15) is 5.75 Å². The van der Waals surface area contributed by atoms with Crippen molar-refractivity contribution in [3.8, 4) is 5.75 Å². The van der Waals surface area contributed by atoms with Crippen LogP contribution in [0.1, 0.15) is 31.2 Å². The van der Waals surface area contributed by atoms with Crippen LogP contribution in [0.15, 0.2) is 54.6 Å². The Hall–Kier alpha value is -1.99. The van der Waals surface area contributed by atoms with Gasteiger partial charge in [-0.15, -0.1) is 24.8 Å². The maximum absolute atomic E-state index is 10.7. The van der Waals surface area contributed by atoms with Gasteiger partial charge in [0.25, 0.3) is 0 Å². The van der Waals surface area contributed by atoms with Gasteiger partial charge in [0.2, 0.25) is 0 Å². The number of piperidine rings is 2. The van der Waals surface area contributed by atoms with Crippen LogP contribution in [0.3, 0.4) is 0 Å². The summed E-state index contributed by atoms with van der Waals surface area (Å²) >= 11 is 0. The first kappa shape index (κ1) is 28.2. The molecule has 0 aliphatic carbocycles. The van der Waals surface area contributed by atoms with Crippen molar-refractivity contribution < 1.29 is 14.6 Å². The van der Waals surface area contributed by atoms with Gasteiger partial charge < -0.3 is 20.1 Å². The fraction of sp³-hybridized carbons (Fsp3) is 0.500. The minimum Gasteiger partial charge on any atom is -0.482 e. The number of carbonyl (C=O) groups is 1. The predicted molar refractivity (Wildman–Crippen MR) is 142 cm³/mol. The van der Waals surface area contributed by atoms with Crippen molar-refractivity contribution in [3.63, 3.8) is 0 Å². The fourth-order valence-corrected chi connectivity index (χ4v) is 5.06. The number of hydrogen-bond acceptors (Lipinski definition) is 5. The Kier molecular flexibility index (Phi) is 12.0. The first-order chi connectivity index (χ1) is 15.7. The zero-order chi connectivity index (χ0) is 22.2. The highest BCUT2D eigenvalue weighted by Crippen LogP contribution is 2.27. The average Bonchev–Trinajstić information content (AvgIpc) is 2.85. The molecule has 0 radical (unpaired) electrons. The molecule has 0 saturated carbocycles. The second kappa shape index (κ2) is 14.4. The number of rotatable bonds is 9.